The molecule has 0 bridgehead atoms. The Bertz CT molecular complexity index is 403. The van der Waals surface area contributed by atoms with Crippen LogP contribution in [-0.4, -0.2) is 0 Å². The minimum absolute atomic E-state index is 0. The summed E-state index contributed by atoms with van der Waals surface area (Å²) in [5, 5.41) is 0. The zero-order valence-electron chi connectivity index (χ0n) is 11.3. The minimum atomic E-state index is 0. The molecule has 3 aliphatic rings. The summed E-state index contributed by atoms with van der Waals surface area (Å²) in [6.07, 6.45) is 12.9. The molecule has 3 aliphatic carbocycles. The Balaban J connectivity index is 0.000000190. The van der Waals surface area contributed by atoms with Gasteiger partial charge in [0.15, 0.2) is 0 Å². The van der Waals surface area contributed by atoms with Crippen molar-refractivity contribution in [1.82, 2.24) is 0 Å². The van der Waals surface area contributed by atoms with Gasteiger partial charge < -0.3 is 30.3 Å². The summed E-state index contributed by atoms with van der Waals surface area (Å²) in [5.74, 6) is 0. The maximum Gasteiger partial charge on any atom is 0 e. The monoisotopic (exact) mass is 338 g/mol. The summed E-state index contributed by atoms with van der Waals surface area (Å²) in [7, 11) is 0. The Morgan fingerprint density at radius 1 is 0.579 bits per heavy atom. The Labute approximate surface area is 130 Å². The van der Waals surface area contributed by atoms with Gasteiger partial charge in [0.05, 0.1) is 0 Å². The van der Waals surface area contributed by atoms with Crippen molar-refractivity contribution < 1.29 is 19.5 Å². The van der Waals surface area contributed by atoms with Crippen molar-refractivity contribution in [1.29, 1.82) is 0 Å². The van der Waals surface area contributed by atoms with Gasteiger partial charge in [0.1, 0.15) is 0 Å². The summed E-state index contributed by atoms with van der Waals surface area (Å²) >= 11 is 0. The van der Waals surface area contributed by atoms with E-state index in [1.807, 2.05) is 22.3 Å². The first-order valence-electron chi connectivity index (χ1n) is 7.24. The van der Waals surface area contributed by atoms with Crippen molar-refractivity contribution in [3.8, 4) is 0 Å². The molecule has 1 aromatic rings. The SMILES string of the molecule is C1CCC2=C(CC1)C1=C2CCCC1.[Rh].[c-]1[c-][c-][cH-][c-]1. The van der Waals surface area contributed by atoms with Gasteiger partial charge in [-0.1, -0.05) is 6.42 Å². The Morgan fingerprint density at radius 3 is 1.26 bits per heavy atom. The van der Waals surface area contributed by atoms with E-state index in [1.165, 1.54) is 57.8 Å². The molecule has 0 amide bonds. The van der Waals surface area contributed by atoms with Gasteiger partial charge in [-0.2, -0.15) is 0 Å². The summed E-state index contributed by atoms with van der Waals surface area (Å²) in [6, 6.07) is 12.0. The Kier molecular flexibility index (Phi) is 5.70. The largest absolute Gasteiger partial charge is 0.999 e. The van der Waals surface area contributed by atoms with Crippen LogP contribution in [0.5, 0.6) is 0 Å². The fourth-order valence-electron chi connectivity index (χ4n) is 3.44. The zero-order chi connectivity index (χ0) is 12.2. The van der Waals surface area contributed by atoms with Crippen LogP contribution >= 0.6 is 0 Å². The van der Waals surface area contributed by atoms with Gasteiger partial charge in [-0.05, 0) is 73.7 Å². The van der Waals surface area contributed by atoms with Gasteiger partial charge in [0.2, 0.25) is 0 Å². The molecule has 0 saturated heterocycles. The fraction of sp³-hybridized carbons (Fsp3) is 0.500. The standard InChI is InChI=1S/C13H18.C5H.Rh/c1-2-6-10-11(7-3-1)13-9-5-4-8-12(10)13;1-2-4-5-3-1;/h1-9H2;1H;/q;-5;. The first kappa shape index (κ1) is 14.9. The normalized spacial score (nSPS) is 21.1. The average Bonchev–Trinajstić information content (AvgIpc) is 2.91. The maximum absolute atomic E-state index is 2.62. The molecule has 0 unspecified atom stereocenters. The number of fused-ring (bicyclic) bond motifs is 2. The molecule has 0 saturated carbocycles. The third kappa shape index (κ3) is 3.32. The molecule has 105 valence electrons. The van der Waals surface area contributed by atoms with Crippen molar-refractivity contribution in [2.45, 2.75) is 57.8 Å². The Morgan fingerprint density at radius 2 is 0.947 bits per heavy atom. The van der Waals surface area contributed by atoms with E-state index in [-0.39, 0.29) is 19.5 Å². The molecule has 0 spiro atoms. The first-order valence-corrected chi connectivity index (χ1v) is 7.24. The molecule has 19 heavy (non-hydrogen) atoms. The zero-order valence-corrected chi connectivity index (χ0v) is 12.9. The van der Waals surface area contributed by atoms with E-state index in [1.54, 1.807) is 6.07 Å². The van der Waals surface area contributed by atoms with Crippen LogP contribution in [0, 0.1) is 24.3 Å². The van der Waals surface area contributed by atoms with Gasteiger partial charge >= 0.3 is 0 Å². The summed E-state index contributed by atoms with van der Waals surface area (Å²) < 4.78 is 0. The third-order valence-corrected chi connectivity index (χ3v) is 4.27. The van der Waals surface area contributed by atoms with Gasteiger partial charge in [-0.25, -0.2) is 0 Å². The number of rotatable bonds is 0. The molecule has 0 heterocycles. The van der Waals surface area contributed by atoms with E-state index >= 15 is 0 Å². The van der Waals surface area contributed by atoms with Crippen LogP contribution < -0.4 is 0 Å². The maximum atomic E-state index is 2.62. The van der Waals surface area contributed by atoms with E-state index in [9.17, 15) is 0 Å². The molecular formula is C18H19Rh-5. The quantitative estimate of drug-likeness (QED) is 0.474. The molecule has 0 atom stereocenters. The average molecular weight is 338 g/mol. The van der Waals surface area contributed by atoms with E-state index in [0.29, 0.717) is 0 Å². The fourth-order valence-corrected chi connectivity index (χ4v) is 3.44. The molecule has 0 fully saturated rings. The van der Waals surface area contributed by atoms with Crippen LogP contribution in [0.3, 0.4) is 0 Å². The second-order valence-corrected chi connectivity index (χ2v) is 5.36. The van der Waals surface area contributed by atoms with E-state index < -0.39 is 0 Å². The van der Waals surface area contributed by atoms with Crippen LogP contribution in [0.25, 0.3) is 0 Å². The van der Waals surface area contributed by atoms with Crippen LogP contribution in [-0.2, 0) is 19.5 Å². The van der Waals surface area contributed by atoms with Gasteiger partial charge in [0, 0.05) is 19.5 Å². The molecule has 1 heteroatoms. The van der Waals surface area contributed by atoms with Crippen LogP contribution in [0.4, 0.5) is 0 Å². The molecule has 0 aromatic heterocycles. The van der Waals surface area contributed by atoms with Crippen molar-refractivity contribution in [2.75, 3.05) is 0 Å². The van der Waals surface area contributed by atoms with E-state index in [4.69, 9.17) is 0 Å². The van der Waals surface area contributed by atoms with Crippen molar-refractivity contribution in [2.24, 2.45) is 0 Å². The summed E-state index contributed by atoms with van der Waals surface area (Å²) in [4.78, 5) is 0. The molecule has 1 radical (unpaired) electrons. The predicted octanol–water partition coefficient (Wildman–Crippen LogP) is 4.74. The molecule has 0 nitrogen and oxygen atoms in total. The van der Waals surface area contributed by atoms with E-state index in [0.717, 1.165) is 0 Å². The second kappa shape index (κ2) is 7.29. The topological polar surface area (TPSA) is 0 Å². The third-order valence-electron chi connectivity index (χ3n) is 4.27. The molecular weight excluding hydrogens is 319 g/mol. The van der Waals surface area contributed by atoms with Crippen LogP contribution in [0.15, 0.2) is 28.4 Å². The van der Waals surface area contributed by atoms with Crippen LogP contribution in [0.2, 0.25) is 0 Å². The smallest absolute Gasteiger partial charge is 0 e. The Hall–Kier alpha value is -0.547. The van der Waals surface area contributed by atoms with Gasteiger partial charge in [0.25, 0.3) is 0 Å². The van der Waals surface area contributed by atoms with Crippen molar-refractivity contribution in [3.63, 3.8) is 0 Å². The number of hydrogen-bond acceptors (Lipinski definition) is 0. The number of hydrogen-bond donors (Lipinski definition) is 0. The van der Waals surface area contributed by atoms with Crippen molar-refractivity contribution >= 4 is 0 Å². The summed E-state index contributed by atoms with van der Waals surface area (Å²) in [6.45, 7) is 0. The minimum Gasteiger partial charge on any atom is -0.999 e. The molecule has 4 rings (SSSR count). The number of allylic oxidation sites excluding steroid dienone is 4. The van der Waals surface area contributed by atoms with Gasteiger partial charge in [-0.15, -0.1) is 0 Å². The van der Waals surface area contributed by atoms with Gasteiger partial charge in [-0.3, -0.25) is 0 Å². The summed E-state index contributed by atoms with van der Waals surface area (Å²) in [5.41, 5.74) is 7.24. The second-order valence-electron chi connectivity index (χ2n) is 5.36. The molecule has 0 N–H and O–H groups in total. The van der Waals surface area contributed by atoms with Crippen molar-refractivity contribution in [3.05, 3.63) is 52.6 Å². The molecule has 0 aliphatic heterocycles. The molecule has 1 aromatic carbocycles. The predicted molar refractivity (Wildman–Crippen MR) is 73.0 cm³/mol. The van der Waals surface area contributed by atoms with Crippen LogP contribution in [0.1, 0.15) is 57.8 Å². The first-order chi connectivity index (χ1) is 8.97. The van der Waals surface area contributed by atoms with E-state index in [2.05, 4.69) is 24.3 Å².